The number of rotatable bonds is 11. The molecule has 1 aromatic carbocycles. The molecule has 0 aliphatic carbocycles. The third-order valence-electron chi connectivity index (χ3n) is 5.95. The van der Waals surface area contributed by atoms with Crippen LogP contribution in [0.25, 0.3) is 10.9 Å². The molecule has 1 amide bonds. The van der Waals surface area contributed by atoms with Gasteiger partial charge in [0.2, 0.25) is 15.6 Å². The van der Waals surface area contributed by atoms with Crippen LogP contribution in [0.5, 0.6) is 0 Å². The summed E-state index contributed by atoms with van der Waals surface area (Å²) in [4.78, 5) is 30.4. The van der Waals surface area contributed by atoms with E-state index in [1.165, 1.54) is 22.5 Å². The van der Waals surface area contributed by atoms with Crippen molar-refractivity contribution in [2.24, 2.45) is 11.8 Å². The molecule has 3 rings (SSSR count). The zero-order chi connectivity index (χ0) is 24.9. The molecule has 0 spiro atoms. The smallest absolute Gasteiger partial charge is 0.252 e. The van der Waals surface area contributed by atoms with E-state index in [4.69, 9.17) is 0 Å². The number of carbonyl (C=O) groups is 1. The fourth-order valence-corrected chi connectivity index (χ4v) is 6.09. The van der Waals surface area contributed by atoms with E-state index in [1.54, 1.807) is 6.07 Å². The maximum Gasteiger partial charge on any atom is 0.252 e. The van der Waals surface area contributed by atoms with Gasteiger partial charge in [0.05, 0.1) is 10.5 Å². The largest absolute Gasteiger partial charge is 0.352 e. The molecule has 34 heavy (non-hydrogen) atoms. The third-order valence-corrected chi connectivity index (χ3v) is 7.84. The average molecular weight is 491 g/mol. The van der Waals surface area contributed by atoms with Crippen molar-refractivity contribution in [3.63, 3.8) is 0 Å². The van der Waals surface area contributed by atoms with Crippen LogP contribution in [0.2, 0.25) is 0 Å². The summed E-state index contributed by atoms with van der Waals surface area (Å²) in [5, 5.41) is 3.34. The molecule has 2 heterocycles. The molecule has 1 saturated heterocycles. The number of sulfonamides is 1. The van der Waals surface area contributed by atoms with Gasteiger partial charge in [0.25, 0.3) is 5.91 Å². The molecule has 1 aliphatic heterocycles. The summed E-state index contributed by atoms with van der Waals surface area (Å²) in [7, 11) is -3.63. The first-order chi connectivity index (χ1) is 16.1. The zero-order valence-electron chi connectivity index (χ0n) is 20.8. The standard InChI is InChI=1S/C25H38N4O4S/c1-18(2)16-28(17-19(3)4)11-7-10-26-25(31)22-15-24(30)27-23-9-8-20(14-21(22)23)34(32,33)29-12-5-6-13-29/h8-9,14-15,18-19H,5-7,10-13,16-17H2,1-4H3,(H,26,31)(H,27,30). The highest BCUT2D eigenvalue weighted by atomic mass is 32.2. The SMILES string of the molecule is CC(C)CN(CCCNC(=O)c1cc(=O)[nH]c2ccc(S(=O)(=O)N3CCCC3)cc12)CC(C)C. The monoisotopic (exact) mass is 490 g/mol. The van der Waals surface area contributed by atoms with E-state index in [0.29, 0.717) is 42.4 Å². The highest BCUT2D eigenvalue weighted by Crippen LogP contribution is 2.25. The summed E-state index contributed by atoms with van der Waals surface area (Å²) in [6, 6.07) is 5.80. The van der Waals surface area contributed by atoms with Crippen molar-refractivity contribution in [2.45, 2.75) is 51.9 Å². The topological polar surface area (TPSA) is 103 Å². The Morgan fingerprint density at radius 2 is 1.74 bits per heavy atom. The number of amides is 1. The van der Waals surface area contributed by atoms with Crippen molar-refractivity contribution < 1.29 is 13.2 Å². The van der Waals surface area contributed by atoms with Crippen LogP contribution in [0.3, 0.4) is 0 Å². The fourth-order valence-electron chi connectivity index (χ4n) is 4.55. The molecule has 0 atom stereocenters. The maximum absolute atomic E-state index is 13.0. The highest BCUT2D eigenvalue weighted by Gasteiger charge is 2.27. The lowest BCUT2D eigenvalue weighted by Crippen LogP contribution is -2.34. The van der Waals surface area contributed by atoms with E-state index in [1.807, 2.05) is 0 Å². The number of nitrogens with zero attached hydrogens (tertiary/aromatic N) is 2. The summed E-state index contributed by atoms with van der Waals surface area (Å²) < 4.78 is 27.5. The first kappa shape index (κ1) is 26.4. The molecule has 0 unspecified atom stereocenters. The number of aromatic nitrogens is 1. The van der Waals surface area contributed by atoms with E-state index in [2.05, 4.69) is 42.9 Å². The molecule has 9 heteroatoms. The molecule has 1 fully saturated rings. The number of benzene rings is 1. The number of hydrogen-bond donors (Lipinski definition) is 2. The van der Waals surface area contributed by atoms with Gasteiger partial charge in [0, 0.05) is 49.7 Å². The molecule has 2 aromatic rings. The summed E-state index contributed by atoms with van der Waals surface area (Å²) in [5.74, 6) is 0.773. The lowest BCUT2D eigenvalue weighted by Gasteiger charge is -2.26. The Morgan fingerprint density at radius 1 is 1.09 bits per heavy atom. The lowest BCUT2D eigenvalue weighted by atomic mass is 10.1. The van der Waals surface area contributed by atoms with E-state index in [-0.39, 0.29) is 16.4 Å². The van der Waals surface area contributed by atoms with Gasteiger partial charge in [-0.3, -0.25) is 9.59 Å². The van der Waals surface area contributed by atoms with Gasteiger partial charge < -0.3 is 15.2 Å². The van der Waals surface area contributed by atoms with Gasteiger partial charge in [-0.05, 0) is 55.8 Å². The number of H-pyrrole nitrogens is 1. The predicted molar refractivity (Wildman–Crippen MR) is 136 cm³/mol. The van der Waals surface area contributed by atoms with Crippen LogP contribution in [0, 0.1) is 11.8 Å². The van der Waals surface area contributed by atoms with Gasteiger partial charge in [-0.2, -0.15) is 4.31 Å². The second-order valence-electron chi connectivity index (χ2n) is 10.0. The summed E-state index contributed by atoms with van der Waals surface area (Å²) >= 11 is 0. The zero-order valence-corrected chi connectivity index (χ0v) is 21.6. The Morgan fingerprint density at radius 3 is 2.35 bits per heavy atom. The summed E-state index contributed by atoms with van der Waals surface area (Å²) in [6.45, 7) is 13.2. The molecule has 188 valence electrons. The highest BCUT2D eigenvalue weighted by molar-refractivity contribution is 7.89. The van der Waals surface area contributed by atoms with E-state index in [9.17, 15) is 18.0 Å². The molecule has 1 aliphatic rings. The molecular formula is C25H38N4O4S. The van der Waals surface area contributed by atoms with Crippen molar-refractivity contribution in [3.05, 3.63) is 40.2 Å². The number of pyridine rings is 1. The minimum absolute atomic E-state index is 0.140. The Labute approximate surface area is 202 Å². The van der Waals surface area contributed by atoms with Crippen LogP contribution in [-0.4, -0.2) is 67.8 Å². The number of nitrogens with one attached hydrogen (secondary N) is 2. The lowest BCUT2D eigenvalue weighted by molar-refractivity contribution is 0.0952. The normalized spacial score (nSPS) is 15.1. The van der Waals surface area contributed by atoms with Gasteiger partial charge in [-0.15, -0.1) is 0 Å². The van der Waals surface area contributed by atoms with E-state index in [0.717, 1.165) is 38.9 Å². The van der Waals surface area contributed by atoms with Crippen molar-refractivity contribution in [1.82, 2.24) is 19.5 Å². The third kappa shape index (κ3) is 6.67. The second-order valence-corrected chi connectivity index (χ2v) is 12.0. The fraction of sp³-hybridized carbons (Fsp3) is 0.600. The number of fused-ring (bicyclic) bond motifs is 1. The quantitative estimate of drug-likeness (QED) is 0.472. The van der Waals surface area contributed by atoms with E-state index < -0.39 is 15.6 Å². The van der Waals surface area contributed by atoms with Gasteiger partial charge >= 0.3 is 0 Å². The molecule has 8 nitrogen and oxygen atoms in total. The molecule has 0 radical (unpaired) electrons. The molecule has 0 saturated carbocycles. The van der Waals surface area contributed by atoms with Crippen molar-refractivity contribution in [3.8, 4) is 0 Å². The van der Waals surface area contributed by atoms with Gasteiger partial charge in [0.1, 0.15) is 0 Å². The predicted octanol–water partition coefficient (Wildman–Crippen LogP) is 3.05. The Bertz CT molecular complexity index is 1140. The van der Waals surface area contributed by atoms with Gasteiger partial charge in [-0.1, -0.05) is 27.7 Å². The summed E-state index contributed by atoms with van der Waals surface area (Å²) in [6.07, 6.45) is 2.49. The van der Waals surface area contributed by atoms with Crippen LogP contribution < -0.4 is 10.9 Å². The summed E-state index contributed by atoms with van der Waals surface area (Å²) in [5.41, 5.74) is 0.240. The van der Waals surface area contributed by atoms with Crippen molar-refractivity contribution in [2.75, 3.05) is 39.3 Å². The molecular weight excluding hydrogens is 452 g/mol. The Balaban J connectivity index is 1.75. The minimum Gasteiger partial charge on any atom is -0.352 e. The van der Waals surface area contributed by atoms with Gasteiger partial charge in [-0.25, -0.2) is 8.42 Å². The van der Waals surface area contributed by atoms with Crippen LogP contribution in [0.4, 0.5) is 0 Å². The molecule has 2 N–H and O–H groups in total. The number of carbonyl (C=O) groups excluding carboxylic acids is 1. The van der Waals surface area contributed by atoms with Crippen LogP contribution in [-0.2, 0) is 10.0 Å². The van der Waals surface area contributed by atoms with E-state index >= 15 is 0 Å². The molecule has 1 aromatic heterocycles. The van der Waals surface area contributed by atoms with Crippen molar-refractivity contribution >= 4 is 26.8 Å². The van der Waals surface area contributed by atoms with Crippen LogP contribution in [0.1, 0.15) is 57.3 Å². The van der Waals surface area contributed by atoms with Crippen LogP contribution in [0.15, 0.2) is 34.0 Å². The van der Waals surface area contributed by atoms with Crippen molar-refractivity contribution in [1.29, 1.82) is 0 Å². The first-order valence-electron chi connectivity index (χ1n) is 12.3. The van der Waals surface area contributed by atoms with Crippen LogP contribution >= 0.6 is 0 Å². The minimum atomic E-state index is -3.63. The first-order valence-corrected chi connectivity index (χ1v) is 13.7. The average Bonchev–Trinajstić information content (AvgIpc) is 3.30. The Kier molecular flexibility index (Phi) is 8.89. The Hall–Kier alpha value is -2.23. The molecule has 0 bridgehead atoms. The number of hydrogen-bond acceptors (Lipinski definition) is 5. The maximum atomic E-state index is 13.0. The number of aromatic amines is 1. The van der Waals surface area contributed by atoms with Gasteiger partial charge in [0.15, 0.2) is 0 Å². The second kappa shape index (κ2) is 11.5.